The molecule has 1 unspecified atom stereocenters. The molecular formula is C23H29N5O3S2. The number of carbonyl (C=O) groups excluding carboxylic acids is 1. The van der Waals surface area contributed by atoms with Crippen LogP contribution < -0.4 is 5.32 Å². The lowest BCUT2D eigenvalue weighted by Gasteiger charge is -2.26. The van der Waals surface area contributed by atoms with Crippen LogP contribution in [0.4, 0.5) is 0 Å². The Morgan fingerprint density at radius 1 is 1.15 bits per heavy atom. The number of rotatable bonds is 8. The van der Waals surface area contributed by atoms with Crippen LogP contribution in [0.25, 0.3) is 5.65 Å². The van der Waals surface area contributed by atoms with Gasteiger partial charge in [-0.15, -0.1) is 10.2 Å². The van der Waals surface area contributed by atoms with Gasteiger partial charge in [-0.3, -0.25) is 9.20 Å². The van der Waals surface area contributed by atoms with Crippen molar-refractivity contribution < 1.29 is 13.2 Å². The molecule has 1 fully saturated rings. The molecule has 1 aliphatic rings. The zero-order chi connectivity index (χ0) is 23.4. The maximum absolute atomic E-state index is 13.2. The molecule has 176 valence electrons. The molecule has 0 saturated carbocycles. The maximum Gasteiger partial charge on any atom is 0.251 e. The molecular weight excluding hydrogens is 458 g/mol. The second-order valence-electron chi connectivity index (χ2n) is 8.24. The van der Waals surface area contributed by atoms with Crippen LogP contribution in [-0.2, 0) is 10.0 Å². The highest BCUT2D eigenvalue weighted by atomic mass is 32.2. The summed E-state index contributed by atoms with van der Waals surface area (Å²) in [6.45, 7) is 2.81. The number of amides is 1. The number of benzene rings is 1. The standard InChI is InChI=1S/C23H29N5O3S2/c1-17-9-10-18(16-20(17)33(30,31)27-12-5-3-6-13-27)23(29)24-19(11-15-32-2)22-26-25-21-8-4-7-14-28(21)22/h4,7-10,14,16,19H,3,5-6,11-13,15H2,1-2H3,(H,24,29). The third-order valence-electron chi connectivity index (χ3n) is 5.95. The average Bonchev–Trinajstić information content (AvgIpc) is 3.26. The van der Waals surface area contributed by atoms with E-state index in [-0.39, 0.29) is 16.8 Å². The van der Waals surface area contributed by atoms with E-state index in [1.807, 2.05) is 35.1 Å². The molecule has 3 aromatic rings. The van der Waals surface area contributed by atoms with Crippen molar-refractivity contribution in [1.82, 2.24) is 24.2 Å². The molecule has 33 heavy (non-hydrogen) atoms. The van der Waals surface area contributed by atoms with Gasteiger partial charge in [0.15, 0.2) is 11.5 Å². The van der Waals surface area contributed by atoms with Crippen LogP contribution in [0, 0.1) is 6.92 Å². The van der Waals surface area contributed by atoms with Crippen LogP contribution in [0.2, 0.25) is 0 Å². The zero-order valence-electron chi connectivity index (χ0n) is 18.9. The third kappa shape index (κ3) is 5.07. The van der Waals surface area contributed by atoms with E-state index in [0.717, 1.165) is 25.0 Å². The second kappa shape index (κ2) is 10.2. The minimum Gasteiger partial charge on any atom is -0.342 e. The SMILES string of the molecule is CSCCC(NC(=O)c1ccc(C)c(S(=O)(=O)N2CCCCC2)c1)c1nnc2ccccn12. The normalized spacial score (nSPS) is 16.1. The van der Waals surface area contributed by atoms with E-state index >= 15 is 0 Å². The predicted molar refractivity (Wildman–Crippen MR) is 130 cm³/mol. The molecule has 1 saturated heterocycles. The average molecular weight is 488 g/mol. The smallest absolute Gasteiger partial charge is 0.251 e. The van der Waals surface area contributed by atoms with E-state index in [1.165, 1.54) is 10.4 Å². The Bertz CT molecular complexity index is 1240. The Kier molecular flexibility index (Phi) is 7.35. The van der Waals surface area contributed by atoms with Crippen molar-refractivity contribution in [3.8, 4) is 0 Å². The van der Waals surface area contributed by atoms with Crippen LogP contribution in [0.15, 0.2) is 47.5 Å². The Balaban J connectivity index is 1.62. The van der Waals surface area contributed by atoms with Gasteiger partial charge < -0.3 is 5.32 Å². The van der Waals surface area contributed by atoms with Crippen molar-refractivity contribution in [2.75, 3.05) is 25.1 Å². The fourth-order valence-corrected chi connectivity index (χ4v) is 6.34. The molecule has 4 rings (SSSR count). The van der Waals surface area contributed by atoms with E-state index < -0.39 is 10.0 Å². The molecule has 3 heterocycles. The van der Waals surface area contributed by atoms with Gasteiger partial charge in [-0.2, -0.15) is 16.1 Å². The number of nitrogens with zero attached hydrogens (tertiary/aromatic N) is 4. The van der Waals surface area contributed by atoms with E-state index in [1.54, 1.807) is 30.8 Å². The van der Waals surface area contributed by atoms with Gasteiger partial charge in [-0.25, -0.2) is 8.42 Å². The highest BCUT2D eigenvalue weighted by molar-refractivity contribution is 7.98. The number of thioether (sulfide) groups is 1. The molecule has 10 heteroatoms. The van der Waals surface area contributed by atoms with Gasteiger partial charge in [-0.1, -0.05) is 18.6 Å². The minimum atomic E-state index is -3.64. The summed E-state index contributed by atoms with van der Waals surface area (Å²) in [5.74, 6) is 1.15. The summed E-state index contributed by atoms with van der Waals surface area (Å²) >= 11 is 1.69. The lowest BCUT2D eigenvalue weighted by Crippen LogP contribution is -2.36. The number of sulfonamides is 1. The number of piperidine rings is 1. The molecule has 1 amide bonds. The molecule has 1 aliphatic heterocycles. The Morgan fingerprint density at radius 2 is 1.94 bits per heavy atom. The Labute approximate surface area is 198 Å². The number of hydrogen-bond acceptors (Lipinski definition) is 6. The Hall–Kier alpha value is -2.43. The molecule has 0 spiro atoms. The molecule has 2 aromatic heterocycles. The summed E-state index contributed by atoms with van der Waals surface area (Å²) in [5.41, 5.74) is 1.67. The molecule has 1 aromatic carbocycles. The first-order chi connectivity index (χ1) is 15.9. The number of fused-ring (bicyclic) bond motifs is 1. The first kappa shape index (κ1) is 23.7. The molecule has 8 nitrogen and oxygen atoms in total. The van der Waals surface area contributed by atoms with Gasteiger partial charge >= 0.3 is 0 Å². The van der Waals surface area contributed by atoms with Crippen LogP contribution in [-0.4, -0.2) is 58.3 Å². The van der Waals surface area contributed by atoms with Gasteiger partial charge in [0.2, 0.25) is 10.0 Å². The zero-order valence-corrected chi connectivity index (χ0v) is 20.5. The van der Waals surface area contributed by atoms with Crippen molar-refractivity contribution in [3.63, 3.8) is 0 Å². The van der Waals surface area contributed by atoms with E-state index in [4.69, 9.17) is 0 Å². The molecule has 0 bridgehead atoms. The van der Waals surface area contributed by atoms with Crippen molar-refractivity contribution in [2.24, 2.45) is 0 Å². The number of carbonyl (C=O) groups is 1. The lowest BCUT2D eigenvalue weighted by atomic mass is 10.1. The summed E-state index contributed by atoms with van der Waals surface area (Å²) < 4.78 is 29.9. The summed E-state index contributed by atoms with van der Waals surface area (Å²) in [7, 11) is -3.64. The predicted octanol–water partition coefficient (Wildman–Crippen LogP) is 3.44. The van der Waals surface area contributed by atoms with E-state index in [0.29, 0.717) is 42.1 Å². The van der Waals surface area contributed by atoms with Gasteiger partial charge in [-0.05, 0) is 68.0 Å². The summed E-state index contributed by atoms with van der Waals surface area (Å²) in [5, 5.41) is 11.6. The van der Waals surface area contributed by atoms with Crippen LogP contribution in [0.3, 0.4) is 0 Å². The van der Waals surface area contributed by atoms with Crippen LogP contribution in [0.5, 0.6) is 0 Å². The van der Waals surface area contributed by atoms with Crippen molar-refractivity contribution in [3.05, 3.63) is 59.5 Å². The first-order valence-electron chi connectivity index (χ1n) is 11.1. The third-order valence-corrected chi connectivity index (χ3v) is 8.64. The van der Waals surface area contributed by atoms with Crippen LogP contribution in [0.1, 0.15) is 53.5 Å². The monoisotopic (exact) mass is 487 g/mol. The first-order valence-corrected chi connectivity index (χ1v) is 14.0. The number of aryl methyl sites for hydroxylation is 1. The Morgan fingerprint density at radius 3 is 2.70 bits per heavy atom. The van der Waals surface area contributed by atoms with Gasteiger partial charge in [0, 0.05) is 24.8 Å². The van der Waals surface area contributed by atoms with Gasteiger partial charge in [0.1, 0.15) is 0 Å². The topological polar surface area (TPSA) is 96.7 Å². The quantitative estimate of drug-likeness (QED) is 0.523. The van der Waals surface area contributed by atoms with Crippen molar-refractivity contribution >= 4 is 33.3 Å². The second-order valence-corrected chi connectivity index (χ2v) is 11.1. The maximum atomic E-state index is 13.2. The summed E-state index contributed by atoms with van der Waals surface area (Å²) in [4.78, 5) is 13.4. The fraction of sp³-hybridized carbons (Fsp3) is 0.435. The fourth-order valence-electron chi connectivity index (χ4n) is 4.10. The van der Waals surface area contributed by atoms with Gasteiger partial charge in [0.05, 0.1) is 10.9 Å². The van der Waals surface area contributed by atoms with Gasteiger partial charge in [0.25, 0.3) is 5.91 Å². The van der Waals surface area contributed by atoms with Crippen molar-refractivity contribution in [1.29, 1.82) is 0 Å². The highest BCUT2D eigenvalue weighted by Gasteiger charge is 2.28. The number of nitrogens with one attached hydrogen (secondary N) is 1. The number of aromatic nitrogens is 3. The minimum absolute atomic E-state index is 0.200. The molecule has 1 atom stereocenters. The number of hydrogen-bond donors (Lipinski definition) is 1. The molecule has 1 N–H and O–H groups in total. The van der Waals surface area contributed by atoms with E-state index in [9.17, 15) is 13.2 Å². The highest BCUT2D eigenvalue weighted by Crippen LogP contribution is 2.25. The molecule has 0 aliphatic carbocycles. The number of pyridine rings is 1. The summed E-state index contributed by atoms with van der Waals surface area (Å²) in [6.07, 6.45) is 7.33. The van der Waals surface area contributed by atoms with Crippen LogP contribution >= 0.6 is 11.8 Å². The summed E-state index contributed by atoms with van der Waals surface area (Å²) in [6, 6.07) is 10.2. The lowest BCUT2D eigenvalue weighted by molar-refractivity contribution is 0.0933. The molecule has 0 radical (unpaired) electrons. The van der Waals surface area contributed by atoms with E-state index in [2.05, 4.69) is 15.5 Å². The largest absolute Gasteiger partial charge is 0.342 e. The van der Waals surface area contributed by atoms with Crippen molar-refractivity contribution in [2.45, 2.75) is 43.5 Å².